The molecule has 182 valence electrons. The lowest BCUT2D eigenvalue weighted by atomic mass is 9.93. The van der Waals surface area contributed by atoms with Crippen molar-refractivity contribution in [3.05, 3.63) is 70.9 Å². The number of hydrogen-bond donors (Lipinski definition) is 2. The summed E-state index contributed by atoms with van der Waals surface area (Å²) in [6, 6.07) is 16.1. The van der Waals surface area contributed by atoms with Crippen LogP contribution in [0.15, 0.2) is 48.5 Å². The van der Waals surface area contributed by atoms with Crippen LogP contribution in [0.25, 0.3) is 11.3 Å². The largest absolute Gasteiger partial charge is 0.493 e. The van der Waals surface area contributed by atoms with Gasteiger partial charge in [0.25, 0.3) is 5.91 Å². The molecule has 0 spiro atoms. The predicted octanol–water partition coefficient (Wildman–Crippen LogP) is 4.27. The molecule has 0 bridgehead atoms. The zero-order valence-electron chi connectivity index (χ0n) is 20.2. The normalized spacial score (nSPS) is 15.9. The van der Waals surface area contributed by atoms with Crippen LogP contribution in [-0.2, 0) is 17.8 Å². The quantitative estimate of drug-likeness (QED) is 0.561. The first-order valence-electron chi connectivity index (χ1n) is 12.5. The molecule has 0 radical (unpaired) electrons. The number of nitrogens with zero attached hydrogens (tertiary/aromatic N) is 2. The van der Waals surface area contributed by atoms with Crippen LogP contribution in [0.5, 0.6) is 5.75 Å². The highest BCUT2D eigenvalue weighted by atomic mass is 16.5. The molecule has 7 heteroatoms. The number of hydrogen-bond acceptors (Lipinski definition) is 4. The van der Waals surface area contributed by atoms with E-state index in [9.17, 15) is 9.59 Å². The molecule has 3 aromatic rings. The molecule has 0 unspecified atom stereocenters. The maximum atomic E-state index is 13.1. The van der Waals surface area contributed by atoms with Crippen molar-refractivity contribution in [1.82, 2.24) is 20.4 Å². The number of likely N-dealkylation sites (tertiary alicyclic amines) is 1. The lowest BCUT2D eigenvalue weighted by Crippen LogP contribution is -2.40. The summed E-state index contributed by atoms with van der Waals surface area (Å²) in [7, 11) is 0. The first-order chi connectivity index (χ1) is 17.1. The number of nitrogens with one attached hydrogen (secondary N) is 2. The van der Waals surface area contributed by atoms with Crippen LogP contribution >= 0.6 is 0 Å². The summed E-state index contributed by atoms with van der Waals surface area (Å²) in [5, 5.41) is 10.4. The second-order valence-electron chi connectivity index (χ2n) is 9.55. The Bertz CT molecular complexity index is 1200. The minimum atomic E-state index is -0.0172. The molecule has 2 aliphatic heterocycles. The van der Waals surface area contributed by atoms with E-state index in [-0.39, 0.29) is 11.8 Å². The van der Waals surface area contributed by atoms with Crippen LogP contribution in [-0.4, -0.2) is 46.6 Å². The summed E-state index contributed by atoms with van der Waals surface area (Å²) >= 11 is 0. The van der Waals surface area contributed by atoms with Crippen molar-refractivity contribution in [2.45, 2.75) is 45.6 Å². The monoisotopic (exact) mass is 472 g/mol. The number of benzene rings is 2. The van der Waals surface area contributed by atoms with Gasteiger partial charge in [-0.05, 0) is 55.7 Å². The topological polar surface area (TPSA) is 87.3 Å². The molecule has 5 rings (SSSR count). The van der Waals surface area contributed by atoms with E-state index in [4.69, 9.17) is 4.74 Å². The van der Waals surface area contributed by atoms with Gasteiger partial charge in [-0.2, -0.15) is 5.10 Å². The second-order valence-corrected chi connectivity index (χ2v) is 9.55. The van der Waals surface area contributed by atoms with Gasteiger partial charge in [0.1, 0.15) is 11.4 Å². The first-order valence-corrected chi connectivity index (χ1v) is 12.5. The molecule has 2 aliphatic rings. The van der Waals surface area contributed by atoms with Crippen molar-refractivity contribution >= 4 is 11.8 Å². The van der Waals surface area contributed by atoms with Crippen molar-refractivity contribution in [3.8, 4) is 17.0 Å². The van der Waals surface area contributed by atoms with Gasteiger partial charge in [-0.25, -0.2) is 0 Å². The lowest BCUT2D eigenvalue weighted by Gasteiger charge is -2.31. The molecule has 35 heavy (non-hydrogen) atoms. The number of carbonyl (C=O) groups excluding carboxylic acids is 2. The number of aryl methyl sites for hydroxylation is 1. The van der Waals surface area contributed by atoms with Gasteiger partial charge in [-0.1, -0.05) is 42.5 Å². The third-order valence-electron chi connectivity index (χ3n) is 7.11. The van der Waals surface area contributed by atoms with E-state index in [0.717, 1.165) is 60.4 Å². The number of carbonyl (C=O) groups is 2. The number of aromatic amines is 1. The fourth-order valence-electron chi connectivity index (χ4n) is 5.04. The number of piperidine rings is 1. The van der Waals surface area contributed by atoms with E-state index in [2.05, 4.69) is 21.6 Å². The van der Waals surface area contributed by atoms with Crippen LogP contribution in [0.3, 0.4) is 0 Å². The maximum absolute atomic E-state index is 13.1. The van der Waals surface area contributed by atoms with Gasteiger partial charge < -0.3 is 15.0 Å². The lowest BCUT2D eigenvalue weighted by molar-refractivity contribution is -0.122. The number of aromatic nitrogens is 2. The van der Waals surface area contributed by atoms with Crippen LogP contribution in [0.2, 0.25) is 0 Å². The van der Waals surface area contributed by atoms with Gasteiger partial charge in [0.05, 0.1) is 12.3 Å². The summed E-state index contributed by atoms with van der Waals surface area (Å²) < 4.78 is 5.67. The smallest absolute Gasteiger partial charge is 0.272 e. The Hall–Kier alpha value is -3.61. The first kappa shape index (κ1) is 23.1. The minimum absolute atomic E-state index is 0.0172. The van der Waals surface area contributed by atoms with E-state index in [0.29, 0.717) is 37.7 Å². The summed E-state index contributed by atoms with van der Waals surface area (Å²) in [6.45, 7) is 4.56. The van der Waals surface area contributed by atoms with Crippen LogP contribution in [0, 0.1) is 12.8 Å². The maximum Gasteiger partial charge on any atom is 0.272 e. The average molecular weight is 473 g/mol. The highest BCUT2D eigenvalue weighted by Gasteiger charge is 2.27. The van der Waals surface area contributed by atoms with Crippen molar-refractivity contribution in [2.75, 3.05) is 19.7 Å². The van der Waals surface area contributed by atoms with E-state index >= 15 is 0 Å². The highest BCUT2D eigenvalue weighted by Crippen LogP contribution is 2.27. The molecular formula is C28H32N4O3. The highest BCUT2D eigenvalue weighted by molar-refractivity contribution is 5.95. The van der Waals surface area contributed by atoms with E-state index in [1.54, 1.807) is 0 Å². The second kappa shape index (κ2) is 10.3. The number of fused-ring (bicyclic) bond motifs is 1. The molecule has 3 heterocycles. The number of ether oxygens (including phenoxy) is 1. The number of amides is 2. The molecular weight excluding hydrogens is 440 g/mol. The molecule has 1 saturated heterocycles. The van der Waals surface area contributed by atoms with E-state index in [1.165, 1.54) is 5.56 Å². The van der Waals surface area contributed by atoms with Crippen molar-refractivity contribution in [1.29, 1.82) is 0 Å². The van der Waals surface area contributed by atoms with Gasteiger partial charge in [0, 0.05) is 37.2 Å². The van der Waals surface area contributed by atoms with Crippen molar-refractivity contribution in [2.24, 2.45) is 5.92 Å². The third-order valence-corrected chi connectivity index (χ3v) is 7.11. The predicted molar refractivity (Wildman–Crippen MR) is 134 cm³/mol. The molecule has 1 fully saturated rings. The minimum Gasteiger partial charge on any atom is -0.493 e. The van der Waals surface area contributed by atoms with Crippen LogP contribution < -0.4 is 10.1 Å². The van der Waals surface area contributed by atoms with Gasteiger partial charge in [0.15, 0.2) is 0 Å². The van der Waals surface area contributed by atoms with E-state index < -0.39 is 0 Å². The average Bonchev–Trinajstić information content (AvgIpc) is 3.29. The third kappa shape index (κ3) is 5.24. The Labute approximate surface area is 205 Å². The Kier molecular flexibility index (Phi) is 6.84. The Balaban J connectivity index is 1.10. The molecule has 0 aliphatic carbocycles. The molecule has 2 N–H and O–H groups in total. The van der Waals surface area contributed by atoms with Crippen LogP contribution in [0.4, 0.5) is 0 Å². The molecule has 0 saturated carbocycles. The Morgan fingerprint density at radius 2 is 1.94 bits per heavy atom. The SMILES string of the molecule is Cc1c(-c2ccccc2)n[nH]c1C(=O)N1CCC(CC(=O)NCc2ccc3c(c2)CCCO3)CC1. The fraction of sp³-hybridized carbons (Fsp3) is 0.393. The molecule has 0 atom stereocenters. The van der Waals surface area contributed by atoms with Crippen molar-refractivity contribution < 1.29 is 14.3 Å². The summed E-state index contributed by atoms with van der Waals surface area (Å²) in [6.07, 6.45) is 4.22. The Morgan fingerprint density at radius 3 is 2.74 bits per heavy atom. The standard InChI is InChI=1S/C28H32N4O3/c1-19-26(22-6-3-2-4-7-22)30-31-27(19)28(34)32-13-11-20(12-14-32)17-25(33)29-18-21-9-10-24-23(16-21)8-5-15-35-24/h2-4,6-7,9-10,16,20H,5,8,11-15,17-18H2,1H3,(H,29,33)(H,30,31). The zero-order chi connectivity index (χ0) is 24.2. The molecule has 2 amide bonds. The summed E-state index contributed by atoms with van der Waals surface area (Å²) in [5.41, 5.74) is 5.56. The summed E-state index contributed by atoms with van der Waals surface area (Å²) in [5.74, 6) is 1.31. The van der Waals surface area contributed by atoms with Crippen LogP contribution in [0.1, 0.15) is 52.9 Å². The fourth-order valence-corrected chi connectivity index (χ4v) is 5.04. The van der Waals surface area contributed by atoms with E-state index in [1.807, 2.05) is 54.3 Å². The van der Waals surface area contributed by atoms with Crippen molar-refractivity contribution in [3.63, 3.8) is 0 Å². The summed E-state index contributed by atoms with van der Waals surface area (Å²) in [4.78, 5) is 27.6. The van der Waals surface area contributed by atoms with Gasteiger partial charge in [0.2, 0.25) is 5.91 Å². The molecule has 1 aromatic heterocycles. The Morgan fingerprint density at radius 1 is 1.14 bits per heavy atom. The van der Waals surface area contributed by atoms with Gasteiger partial charge in [-0.15, -0.1) is 0 Å². The van der Waals surface area contributed by atoms with Gasteiger partial charge >= 0.3 is 0 Å². The zero-order valence-corrected chi connectivity index (χ0v) is 20.2. The molecule has 7 nitrogen and oxygen atoms in total. The van der Waals surface area contributed by atoms with Gasteiger partial charge in [-0.3, -0.25) is 14.7 Å². The molecule has 2 aromatic carbocycles. The number of H-pyrrole nitrogens is 1. The number of rotatable bonds is 6.